The highest BCUT2D eigenvalue weighted by molar-refractivity contribution is 6.08. The van der Waals surface area contributed by atoms with E-state index in [0.717, 1.165) is 24.8 Å². The van der Waals surface area contributed by atoms with Crippen LogP contribution in [0.2, 0.25) is 0 Å². The van der Waals surface area contributed by atoms with Gasteiger partial charge in [-0.25, -0.2) is 14.4 Å². The second-order valence-corrected chi connectivity index (χ2v) is 7.96. The molecule has 1 aromatic carbocycles. The van der Waals surface area contributed by atoms with E-state index in [1.54, 1.807) is 25.4 Å². The number of aryl methyl sites for hydroxylation is 1. The highest BCUT2D eigenvalue weighted by atomic mass is 16.6. The number of carbonyl (C=O) groups is 3. The first kappa shape index (κ1) is 29.7. The smallest absolute Gasteiger partial charge is 0.353 e. The summed E-state index contributed by atoms with van der Waals surface area (Å²) in [5, 5.41) is 10.9. The standard InChI is InChI=1S/C27H35NO9/c1-4-33-24(29)23(27(32,25(30)34-5-2)26(31)35-6-3)36-18-9-7-8-11-20-13-15-21(16-14-20)37-22-12-10-17-28-19-22/h10,12-17,19,23,32H,4-9,11,18H2,1-3H3. The Morgan fingerprint density at radius 1 is 0.865 bits per heavy atom. The first-order valence-electron chi connectivity index (χ1n) is 12.4. The highest BCUT2D eigenvalue weighted by Crippen LogP contribution is 2.23. The summed E-state index contributed by atoms with van der Waals surface area (Å²) in [4.78, 5) is 41.5. The van der Waals surface area contributed by atoms with Crippen molar-refractivity contribution in [2.75, 3.05) is 26.4 Å². The van der Waals surface area contributed by atoms with Crippen LogP contribution in [0.3, 0.4) is 0 Å². The first-order valence-corrected chi connectivity index (χ1v) is 12.4. The van der Waals surface area contributed by atoms with Crippen molar-refractivity contribution in [3.8, 4) is 11.5 Å². The average Bonchev–Trinajstić information content (AvgIpc) is 2.89. The fraction of sp³-hybridized carbons (Fsp3) is 0.481. The minimum atomic E-state index is -2.97. The molecule has 37 heavy (non-hydrogen) atoms. The van der Waals surface area contributed by atoms with Gasteiger partial charge >= 0.3 is 17.9 Å². The number of aliphatic hydroxyl groups is 1. The summed E-state index contributed by atoms with van der Waals surface area (Å²) in [5.41, 5.74) is -1.85. The van der Waals surface area contributed by atoms with Gasteiger partial charge in [-0.2, -0.15) is 0 Å². The van der Waals surface area contributed by atoms with Crippen LogP contribution in [0.1, 0.15) is 45.6 Å². The van der Waals surface area contributed by atoms with Gasteiger partial charge < -0.3 is 28.8 Å². The Morgan fingerprint density at radius 2 is 1.51 bits per heavy atom. The topological polar surface area (TPSA) is 130 Å². The Kier molecular flexibility index (Phi) is 12.5. The Balaban J connectivity index is 1.89. The third kappa shape index (κ3) is 8.83. The van der Waals surface area contributed by atoms with Gasteiger partial charge in [0.1, 0.15) is 11.5 Å². The van der Waals surface area contributed by atoms with E-state index in [1.165, 1.54) is 13.8 Å². The van der Waals surface area contributed by atoms with Crippen molar-refractivity contribution in [1.29, 1.82) is 0 Å². The van der Waals surface area contributed by atoms with E-state index in [1.807, 2.05) is 30.3 Å². The summed E-state index contributed by atoms with van der Waals surface area (Å²) < 4.78 is 25.9. The normalized spacial score (nSPS) is 11.9. The number of esters is 3. The molecule has 0 aliphatic carbocycles. The number of nitrogens with zero attached hydrogens (tertiary/aromatic N) is 1. The quantitative estimate of drug-likeness (QED) is 0.153. The summed E-state index contributed by atoms with van der Waals surface area (Å²) in [6, 6.07) is 11.4. The number of unbranched alkanes of at least 4 members (excludes halogenated alkanes) is 2. The van der Waals surface area contributed by atoms with Crippen LogP contribution >= 0.6 is 0 Å². The molecule has 1 heterocycles. The molecule has 0 aliphatic heterocycles. The summed E-state index contributed by atoms with van der Waals surface area (Å²) >= 11 is 0. The molecule has 0 radical (unpaired) electrons. The number of pyridine rings is 1. The van der Waals surface area contributed by atoms with Gasteiger partial charge in [0.15, 0.2) is 0 Å². The van der Waals surface area contributed by atoms with Crippen molar-refractivity contribution < 1.29 is 43.2 Å². The lowest BCUT2D eigenvalue weighted by molar-refractivity contribution is -0.208. The van der Waals surface area contributed by atoms with Crippen LogP contribution in [0.15, 0.2) is 48.8 Å². The van der Waals surface area contributed by atoms with E-state index in [9.17, 15) is 19.5 Å². The molecular formula is C27H35NO9. The van der Waals surface area contributed by atoms with Crippen molar-refractivity contribution >= 4 is 17.9 Å². The number of benzene rings is 1. The molecule has 1 unspecified atom stereocenters. The lowest BCUT2D eigenvalue weighted by Gasteiger charge is -2.30. The van der Waals surface area contributed by atoms with Gasteiger partial charge in [0, 0.05) is 12.8 Å². The summed E-state index contributed by atoms with van der Waals surface area (Å²) in [5.74, 6) is -2.34. The Morgan fingerprint density at radius 3 is 2.08 bits per heavy atom. The average molecular weight is 518 g/mol. The van der Waals surface area contributed by atoms with Gasteiger partial charge in [0.05, 0.1) is 26.0 Å². The molecule has 1 N–H and O–H groups in total. The molecule has 0 amide bonds. The third-order valence-corrected chi connectivity index (χ3v) is 5.24. The van der Waals surface area contributed by atoms with Crippen molar-refractivity contribution in [1.82, 2.24) is 4.98 Å². The van der Waals surface area contributed by atoms with Gasteiger partial charge in [-0.1, -0.05) is 18.6 Å². The van der Waals surface area contributed by atoms with Crippen LogP contribution in [0, 0.1) is 0 Å². The van der Waals surface area contributed by atoms with Crippen LogP contribution in [0.5, 0.6) is 11.5 Å². The first-order chi connectivity index (χ1) is 17.9. The molecule has 0 fully saturated rings. The number of carbonyl (C=O) groups excluding carboxylic acids is 3. The van der Waals surface area contributed by atoms with Crippen molar-refractivity contribution in [2.45, 2.75) is 58.2 Å². The van der Waals surface area contributed by atoms with Crippen molar-refractivity contribution in [2.24, 2.45) is 0 Å². The molecule has 2 aromatic rings. The van der Waals surface area contributed by atoms with Crippen molar-refractivity contribution in [3.05, 3.63) is 54.4 Å². The van der Waals surface area contributed by atoms with Crippen LogP contribution in [-0.2, 0) is 39.8 Å². The van der Waals surface area contributed by atoms with Crippen molar-refractivity contribution in [3.63, 3.8) is 0 Å². The van der Waals surface area contributed by atoms with Gasteiger partial charge in [0.2, 0.25) is 6.10 Å². The predicted octanol–water partition coefficient (Wildman–Crippen LogP) is 3.39. The lowest BCUT2D eigenvalue weighted by Crippen LogP contribution is -2.61. The zero-order valence-electron chi connectivity index (χ0n) is 21.5. The van der Waals surface area contributed by atoms with Gasteiger partial charge in [-0.15, -0.1) is 0 Å². The molecule has 202 valence electrons. The second kappa shape index (κ2) is 15.6. The minimum Gasteiger partial charge on any atom is -0.464 e. The van der Waals surface area contributed by atoms with Crippen LogP contribution in [-0.4, -0.2) is 66.1 Å². The minimum absolute atomic E-state index is 0.00247. The zero-order chi connectivity index (χ0) is 27.1. The van der Waals surface area contributed by atoms with Crippen LogP contribution < -0.4 is 4.74 Å². The molecular weight excluding hydrogens is 482 g/mol. The van der Waals surface area contributed by atoms with Gasteiger partial charge in [-0.05, 0) is 69.9 Å². The molecule has 0 bridgehead atoms. The maximum atomic E-state index is 12.5. The Bertz CT molecular complexity index is 961. The molecule has 0 saturated heterocycles. The molecule has 0 aliphatic rings. The number of ether oxygens (including phenoxy) is 5. The fourth-order valence-electron chi connectivity index (χ4n) is 3.43. The van der Waals surface area contributed by atoms with Crippen LogP contribution in [0.4, 0.5) is 0 Å². The largest absolute Gasteiger partial charge is 0.464 e. The number of rotatable bonds is 16. The highest BCUT2D eigenvalue weighted by Gasteiger charge is 2.58. The van der Waals surface area contributed by atoms with E-state index in [0.29, 0.717) is 17.9 Å². The van der Waals surface area contributed by atoms with Crippen LogP contribution in [0.25, 0.3) is 0 Å². The maximum Gasteiger partial charge on any atom is 0.353 e. The predicted molar refractivity (Wildman–Crippen MR) is 133 cm³/mol. The lowest BCUT2D eigenvalue weighted by atomic mass is 9.96. The van der Waals surface area contributed by atoms with E-state index < -0.39 is 29.6 Å². The molecule has 1 atom stereocenters. The Hall–Kier alpha value is -3.50. The van der Waals surface area contributed by atoms with Gasteiger partial charge in [-0.3, -0.25) is 4.98 Å². The number of hydrogen-bond acceptors (Lipinski definition) is 10. The molecule has 2 rings (SSSR count). The molecule has 10 heteroatoms. The Labute approximate surface area is 216 Å². The SMILES string of the molecule is CCOC(=O)C(OCCCCCc1ccc(Oc2cccnc2)cc1)C(O)(C(=O)OCC)C(=O)OCC. The van der Waals surface area contributed by atoms with E-state index in [4.69, 9.17) is 23.7 Å². The van der Waals surface area contributed by atoms with E-state index >= 15 is 0 Å². The van der Waals surface area contributed by atoms with E-state index in [2.05, 4.69) is 4.98 Å². The molecule has 10 nitrogen and oxygen atoms in total. The summed E-state index contributed by atoms with van der Waals surface area (Å²) in [6.45, 7) is 4.30. The fourth-order valence-corrected chi connectivity index (χ4v) is 3.43. The summed E-state index contributed by atoms with van der Waals surface area (Å²) in [7, 11) is 0. The molecule has 1 aromatic heterocycles. The monoisotopic (exact) mass is 517 g/mol. The molecule has 0 saturated carbocycles. The third-order valence-electron chi connectivity index (χ3n) is 5.24. The van der Waals surface area contributed by atoms with E-state index in [-0.39, 0.29) is 26.4 Å². The second-order valence-electron chi connectivity index (χ2n) is 7.96. The maximum absolute atomic E-state index is 12.5. The summed E-state index contributed by atoms with van der Waals surface area (Å²) in [6.07, 6.45) is 4.29. The molecule has 0 spiro atoms. The number of aromatic nitrogens is 1. The van der Waals surface area contributed by atoms with Gasteiger partial charge in [0.25, 0.3) is 5.60 Å². The zero-order valence-corrected chi connectivity index (χ0v) is 21.5. The number of hydrogen-bond donors (Lipinski definition) is 1.